The van der Waals surface area contributed by atoms with Gasteiger partial charge in [-0.15, -0.1) is 0 Å². The lowest BCUT2D eigenvalue weighted by molar-refractivity contribution is -0.139. The lowest BCUT2D eigenvalue weighted by Gasteiger charge is -2.32. The van der Waals surface area contributed by atoms with E-state index in [9.17, 15) is 26.8 Å². The van der Waals surface area contributed by atoms with E-state index < -0.39 is 46.1 Å². The molecule has 3 aromatic rings. The highest BCUT2D eigenvalue weighted by Crippen LogP contribution is 2.27. The van der Waals surface area contributed by atoms with E-state index in [0.717, 1.165) is 23.8 Å². The van der Waals surface area contributed by atoms with Crippen molar-refractivity contribution in [2.75, 3.05) is 17.4 Å². The van der Waals surface area contributed by atoms with Gasteiger partial charge in [-0.1, -0.05) is 61.9 Å². The predicted molar refractivity (Wildman–Crippen MR) is 142 cm³/mol. The Morgan fingerprint density at radius 3 is 2.13 bits per heavy atom. The maximum atomic E-state index is 14.9. The van der Waals surface area contributed by atoms with E-state index >= 15 is 0 Å². The van der Waals surface area contributed by atoms with Crippen LogP contribution in [0.1, 0.15) is 32.3 Å². The molecule has 0 aromatic heterocycles. The minimum atomic E-state index is -4.38. The Bertz CT molecular complexity index is 1350. The van der Waals surface area contributed by atoms with Crippen LogP contribution in [-0.2, 0) is 26.2 Å². The molecule has 7 nitrogen and oxygen atoms in total. The number of anilines is 1. The number of hydrogen-bond acceptors (Lipinski definition) is 4. The zero-order valence-corrected chi connectivity index (χ0v) is 22.1. The van der Waals surface area contributed by atoms with Gasteiger partial charge in [0.15, 0.2) is 0 Å². The van der Waals surface area contributed by atoms with Crippen LogP contribution in [-0.4, -0.2) is 44.3 Å². The van der Waals surface area contributed by atoms with Crippen LogP contribution in [0, 0.1) is 11.6 Å². The molecule has 0 unspecified atom stereocenters. The van der Waals surface area contributed by atoms with Crippen LogP contribution < -0.4 is 9.62 Å². The molecular weight excluding hydrogens is 512 g/mol. The van der Waals surface area contributed by atoms with Crippen LogP contribution >= 0.6 is 0 Å². The summed E-state index contributed by atoms with van der Waals surface area (Å²) >= 11 is 0. The number of benzene rings is 3. The number of sulfonamides is 1. The number of nitrogens with zero attached hydrogens (tertiary/aromatic N) is 2. The van der Waals surface area contributed by atoms with Crippen molar-refractivity contribution in [1.82, 2.24) is 10.2 Å². The highest BCUT2D eigenvalue weighted by Gasteiger charge is 2.33. The molecule has 0 fully saturated rings. The van der Waals surface area contributed by atoms with Gasteiger partial charge < -0.3 is 10.2 Å². The van der Waals surface area contributed by atoms with Crippen molar-refractivity contribution in [3.8, 4) is 0 Å². The molecule has 0 aliphatic rings. The average molecular weight is 544 g/mol. The molecule has 0 saturated carbocycles. The molecule has 0 saturated heterocycles. The normalized spacial score (nSPS) is 12.0. The van der Waals surface area contributed by atoms with Gasteiger partial charge in [-0.3, -0.25) is 13.9 Å². The standard InChI is InChI=1S/C28H31F2N3O4S/c1-3-4-18-31-28(35)21(2)32(19-22-12-8-9-15-24(22)29)27(34)20-33(26-17-11-10-16-25(26)30)38(36,37)23-13-6-5-7-14-23/h5-17,21H,3-4,18-20H2,1-2H3,(H,31,35)/t21-/m0/s1. The maximum Gasteiger partial charge on any atom is 0.264 e. The van der Waals surface area contributed by atoms with E-state index in [1.54, 1.807) is 12.1 Å². The van der Waals surface area contributed by atoms with Gasteiger partial charge in [-0.2, -0.15) is 0 Å². The molecule has 0 heterocycles. The van der Waals surface area contributed by atoms with Gasteiger partial charge in [-0.05, 0) is 43.7 Å². The number of rotatable bonds is 12. The third-order valence-electron chi connectivity index (χ3n) is 6.03. The number of carbonyl (C=O) groups excluding carboxylic acids is 2. The minimum absolute atomic E-state index is 0.137. The van der Waals surface area contributed by atoms with E-state index in [1.807, 2.05) is 6.92 Å². The zero-order valence-electron chi connectivity index (χ0n) is 21.3. The van der Waals surface area contributed by atoms with Crippen LogP contribution in [0.4, 0.5) is 14.5 Å². The van der Waals surface area contributed by atoms with Gasteiger partial charge in [0.25, 0.3) is 10.0 Å². The molecule has 0 bridgehead atoms. The molecular formula is C28H31F2N3O4S. The van der Waals surface area contributed by atoms with Gasteiger partial charge in [0, 0.05) is 18.7 Å². The fraction of sp³-hybridized carbons (Fsp3) is 0.286. The van der Waals surface area contributed by atoms with Crippen molar-refractivity contribution in [2.24, 2.45) is 0 Å². The second-order valence-electron chi connectivity index (χ2n) is 8.71. The fourth-order valence-electron chi connectivity index (χ4n) is 3.82. The molecule has 38 heavy (non-hydrogen) atoms. The van der Waals surface area contributed by atoms with Crippen molar-refractivity contribution in [1.29, 1.82) is 0 Å². The molecule has 0 aliphatic carbocycles. The Labute approximate surface area is 222 Å². The SMILES string of the molecule is CCCCNC(=O)[C@H](C)N(Cc1ccccc1F)C(=O)CN(c1ccccc1F)S(=O)(=O)c1ccccc1. The summed E-state index contributed by atoms with van der Waals surface area (Å²) in [5.41, 5.74) is -0.173. The maximum absolute atomic E-state index is 14.9. The van der Waals surface area contributed by atoms with E-state index in [2.05, 4.69) is 5.32 Å². The second-order valence-corrected chi connectivity index (χ2v) is 10.6. The number of hydrogen-bond donors (Lipinski definition) is 1. The third-order valence-corrected chi connectivity index (χ3v) is 7.80. The zero-order chi connectivity index (χ0) is 27.7. The Balaban J connectivity index is 2.01. The van der Waals surface area contributed by atoms with Gasteiger partial charge in [0.05, 0.1) is 10.6 Å². The molecule has 1 atom stereocenters. The lowest BCUT2D eigenvalue weighted by Crippen LogP contribution is -2.51. The monoisotopic (exact) mass is 543 g/mol. The summed E-state index contributed by atoms with van der Waals surface area (Å²) in [6.07, 6.45) is 1.58. The average Bonchev–Trinajstić information content (AvgIpc) is 2.91. The molecule has 10 heteroatoms. The Hall–Kier alpha value is -3.79. The van der Waals surface area contributed by atoms with Crippen LogP contribution in [0.15, 0.2) is 83.8 Å². The predicted octanol–water partition coefficient (Wildman–Crippen LogP) is 4.49. The first-order valence-electron chi connectivity index (χ1n) is 12.3. The highest BCUT2D eigenvalue weighted by molar-refractivity contribution is 7.92. The first-order valence-corrected chi connectivity index (χ1v) is 13.7. The molecule has 3 aromatic carbocycles. The molecule has 2 amide bonds. The third kappa shape index (κ3) is 6.95. The number of carbonyl (C=O) groups is 2. The van der Waals surface area contributed by atoms with Crippen LogP contribution in [0.25, 0.3) is 0 Å². The van der Waals surface area contributed by atoms with Gasteiger partial charge >= 0.3 is 0 Å². The number of nitrogens with one attached hydrogen (secondary N) is 1. The van der Waals surface area contributed by atoms with Crippen molar-refractivity contribution in [2.45, 2.75) is 44.2 Å². The van der Waals surface area contributed by atoms with Crippen molar-refractivity contribution in [3.05, 3.63) is 96.1 Å². The van der Waals surface area contributed by atoms with Crippen molar-refractivity contribution in [3.63, 3.8) is 0 Å². The molecule has 202 valence electrons. The van der Waals surface area contributed by atoms with Crippen molar-refractivity contribution < 1.29 is 26.8 Å². The fourth-order valence-corrected chi connectivity index (χ4v) is 5.26. The Morgan fingerprint density at radius 2 is 1.50 bits per heavy atom. The van der Waals surface area contributed by atoms with Crippen molar-refractivity contribution >= 4 is 27.5 Å². The Morgan fingerprint density at radius 1 is 0.895 bits per heavy atom. The number of unbranched alkanes of at least 4 members (excludes halogenated alkanes) is 1. The highest BCUT2D eigenvalue weighted by atomic mass is 32.2. The topological polar surface area (TPSA) is 86.8 Å². The number of halogens is 2. The van der Waals surface area contributed by atoms with Crippen LogP contribution in [0.3, 0.4) is 0 Å². The molecule has 0 aliphatic heterocycles. The van der Waals surface area contributed by atoms with E-state index in [1.165, 1.54) is 67.6 Å². The summed E-state index contributed by atoms with van der Waals surface area (Å²) in [5, 5.41) is 2.75. The molecule has 3 rings (SSSR count). The van der Waals surface area contributed by atoms with Gasteiger partial charge in [0.2, 0.25) is 11.8 Å². The second kappa shape index (κ2) is 13.1. The summed E-state index contributed by atoms with van der Waals surface area (Å²) in [7, 11) is -4.38. The summed E-state index contributed by atoms with van der Waals surface area (Å²) in [5.74, 6) is -2.68. The molecule has 0 radical (unpaired) electrons. The van der Waals surface area contributed by atoms with Crippen LogP contribution in [0.2, 0.25) is 0 Å². The molecule has 1 N–H and O–H groups in total. The number of amides is 2. The van der Waals surface area contributed by atoms with E-state index in [-0.39, 0.29) is 22.7 Å². The lowest BCUT2D eigenvalue weighted by atomic mass is 10.1. The summed E-state index contributed by atoms with van der Waals surface area (Å²) in [4.78, 5) is 27.5. The molecule has 0 spiro atoms. The number of para-hydroxylation sites is 1. The summed E-state index contributed by atoms with van der Waals surface area (Å²) in [6, 6.07) is 17.3. The summed E-state index contributed by atoms with van der Waals surface area (Å²) < 4.78 is 57.2. The van der Waals surface area contributed by atoms with Gasteiger partial charge in [0.1, 0.15) is 24.2 Å². The first kappa shape index (κ1) is 28.8. The Kier molecular flexibility index (Phi) is 9.95. The van der Waals surface area contributed by atoms with Gasteiger partial charge in [-0.25, -0.2) is 17.2 Å². The summed E-state index contributed by atoms with van der Waals surface area (Å²) in [6.45, 7) is 2.75. The van der Waals surface area contributed by atoms with Crippen LogP contribution in [0.5, 0.6) is 0 Å². The van der Waals surface area contributed by atoms with E-state index in [0.29, 0.717) is 10.8 Å². The van der Waals surface area contributed by atoms with E-state index in [4.69, 9.17) is 0 Å². The minimum Gasteiger partial charge on any atom is -0.354 e. The quantitative estimate of drug-likeness (QED) is 0.341. The smallest absolute Gasteiger partial charge is 0.264 e. The first-order chi connectivity index (χ1) is 18.2. The largest absolute Gasteiger partial charge is 0.354 e.